The predicted molar refractivity (Wildman–Crippen MR) is 64.4 cm³/mol. The Morgan fingerprint density at radius 1 is 1.71 bits per heavy atom. The van der Waals surface area contributed by atoms with E-state index in [0.717, 1.165) is 24.5 Å². The second-order valence-corrected chi connectivity index (χ2v) is 3.98. The second-order valence-electron chi connectivity index (χ2n) is 3.98. The van der Waals surface area contributed by atoms with Gasteiger partial charge < -0.3 is 10.1 Å². The first-order valence-electron chi connectivity index (χ1n) is 5.68. The van der Waals surface area contributed by atoms with Crippen molar-refractivity contribution in [2.75, 3.05) is 32.1 Å². The monoisotopic (exact) mass is 232 g/mol. The first kappa shape index (κ1) is 11.8. The highest BCUT2D eigenvalue weighted by Crippen LogP contribution is 2.15. The van der Waals surface area contributed by atoms with Crippen molar-refractivity contribution >= 4 is 5.82 Å². The van der Waals surface area contributed by atoms with Crippen LogP contribution in [0, 0.1) is 11.3 Å². The first-order valence-corrected chi connectivity index (χ1v) is 5.68. The minimum Gasteiger partial charge on any atom is -0.373 e. The molecule has 0 spiro atoms. The van der Waals surface area contributed by atoms with Crippen LogP contribution in [0.5, 0.6) is 0 Å². The minimum atomic E-state index is -0.307. The Kier molecular flexibility index (Phi) is 3.91. The molecule has 1 N–H and O–H groups in total. The van der Waals surface area contributed by atoms with Gasteiger partial charge in [-0.3, -0.25) is 4.90 Å². The SMILES string of the molecule is CNc1ncccc1CN1CCOC(C#N)C1. The van der Waals surface area contributed by atoms with E-state index in [-0.39, 0.29) is 6.10 Å². The van der Waals surface area contributed by atoms with E-state index in [2.05, 4.69) is 27.3 Å². The third kappa shape index (κ3) is 2.93. The molecule has 2 heterocycles. The molecule has 0 saturated carbocycles. The molecular formula is C12H16N4O. The van der Waals surface area contributed by atoms with Crippen LogP contribution >= 0.6 is 0 Å². The second kappa shape index (κ2) is 5.62. The maximum absolute atomic E-state index is 8.85. The van der Waals surface area contributed by atoms with Crippen LogP contribution in [0.4, 0.5) is 5.82 Å². The van der Waals surface area contributed by atoms with Gasteiger partial charge in [0.1, 0.15) is 5.82 Å². The molecule has 5 heteroatoms. The largest absolute Gasteiger partial charge is 0.373 e. The summed E-state index contributed by atoms with van der Waals surface area (Å²) in [4.78, 5) is 6.49. The number of hydrogen-bond acceptors (Lipinski definition) is 5. The van der Waals surface area contributed by atoms with Crippen LogP contribution in [0.1, 0.15) is 5.56 Å². The zero-order valence-electron chi connectivity index (χ0n) is 9.89. The van der Waals surface area contributed by atoms with Gasteiger partial charge in [0, 0.05) is 38.4 Å². The number of morpholine rings is 1. The van der Waals surface area contributed by atoms with Crippen molar-refractivity contribution < 1.29 is 4.74 Å². The Labute approximate surface area is 101 Å². The topological polar surface area (TPSA) is 61.2 Å². The Bertz CT molecular complexity index is 415. The first-order chi connectivity index (χ1) is 8.33. The van der Waals surface area contributed by atoms with Crippen molar-refractivity contribution in [1.29, 1.82) is 5.26 Å². The van der Waals surface area contributed by atoms with E-state index in [1.807, 2.05) is 13.1 Å². The number of nitriles is 1. The fourth-order valence-electron chi connectivity index (χ4n) is 1.96. The van der Waals surface area contributed by atoms with Crippen molar-refractivity contribution in [3.63, 3.8) is 0 Å². The van der Waals surface area contributed by atoms with E-state index in [1.54, 1.807) is 6.20 Å². The van der Waals surface area contributed by atoms with Gasteiger partial charge in [-0.15, -0.1) is 0 Å². The van der Waals surface area contributed by atoms with E-state index in [4.69, 9.17) is 10.00 Å². The lowest BCUT2D eigenvalue weighted by Gasteiger charge is -2.29. The number of hydrogen-bond donors (Lipinski definition) is 1. The third-order valence-electron chi connectivity index (χ3n) is 2.82. The highest BCUT2D eigenvalue weighted by Gasteiger charge is 2.20. The van der Waals surface area contributed by atoms with Crippen LogP contribution in [0.25, 0.3) is 0 Å². The maximum Gasteiger partial charge on any atom is 0.156 e. The average molecular weight is 232 g/mol. The number of nitrogens with zero attached hydrogens (tertiary/aromatic N) is 3. The fraction of sp³-hybridized carbons (Fsp3) is 0.500. The molecule has 0 aliphatic carbocycles. The summed E-state index contributed by atoms with van der Waals surface area (Å²) in [5.74, 6) is 0.896. The maximum atomic E-state index is 8.85. The molecule has 5 nitrogen and oxygen atoms in total. The van der Waals surface area contributed by atoms with E-state index >= 15 is 0 Å². The van der Waals surface area contributed by atoms with Crippen molar-refractivity contribution in [2.24, 2.45) is 0 Å². The number of aromatic nitrogens is 1. The molecule has 0 bridgehead atoms. The summed E-state index contributed by atoms with van der Waals surface area (Å²) in [6.07, 6.45) is 1.46. The molecule has 17 heavy (non-hydrogen) atoms. The van der Waals surface area contributed by atoms with Gasteiger partial charge in [0.15, 0.2) is 6.10 Å². The van der Waals surface area contributed by atoms with Crippen molar-refractivity contribution in [3.8, 4) is 6.07 Å². The fourth-order valence-corrected chi connectivity index (χ4v) is 1.96. The van der Waals surface area contributed by atoms with E-state index in [9.17, 15) is 0 Å². The Morgan fingerprint density at radius 2 is 2.59 bits per heavy atom. The molecule has 90 valence electrons. The normalized spacial score (nSPS) is 20.8. The lowest BCUT2D eigenvalue weighted by molar-refractivity contribution is -0.00265. The predicted octanol–water partition coefficient (Wildman–Crippen LogP) is 0.848. The Hall–Kier alpha value is -1.64. The van der Waals surface area contributed by atoms with Gasteiger partial charge >= 0.3 is 0 Å². The summed E-state index contributed by atoms with van der Waals surface area (Å²) in [5, 5.41) is 11.9. The smallest absolute Gasteiger partial charge is 0.156 e. The number of rotatable bonds is 3. The zero-order chi connectivity index (χ0) is 12.1. The molecule has 1 atom stereocenters. The molecule has 0 radical (unpaired) electrons. The quantitative estimate of drug-likeness (QED) is 0.837. The summed E-state index contributed by atoms with van der Waals surface area (Å²) < 4.78 is 5.32. The molecule has 1 fully saturated rings. The van der Waals surface area contributed by atoms with Crippen LogP contribution in [0.2, 0.25) is 0 Å². The molecule has 1 aliphatic rings. The lowest BCUT2D eigenvalue weighted by Crippen LogP contribution is -2.41. The summed E-state index contributed by atoms with van der Waals surface area (Å²) in [6.45, 7) is 2.93. The van der Waals surface area contributed by atoms with Crippen LogP contribution in [0.15, 0.2) is 18.3 Å². The Balaban J connectivity index is 2.03. The van der Waals surface area contributed by atoms with Gasteiger partial charge in [-0.25, -0.2) is 4.98 Å². The molecule has 1 saturated heterocycles. The van der Waals surface area contributed by atoms with Crippen LogP contribution in [-0.4, -0.2) is 42.7 Å². The molecule has 1 aliphatic heterocycles. The van der Waals surface area contributed by atoms with Gasteiger partial charge in [-0.2, -0.15) is 5.26 Å². The van der Waals surface area contributed by atoms with Crippen molar-refractivity contribution in [1.82, 2.24) is 9.88 Å². The zero-order valence-corrected chi connectivity index (χ0v) is 9.89. The number of pyridine rings is 1. The highest BCUT2D eigenvalue weighted by molar-refractivity contribution is 5.42. The summed E-state index contributed by atoms with van der Waals surface area (Å²) in [7, 11) is 1.86. The molecule has 0 aromatic carbocycles. The number of nitrogens with one attached hydrogen (secondary N) is 1. The highest BCUT2D eigenvalue weighted by atomic mass is 16.5. The van der Waals surface area contributed by atoms with E-state index in [0.29, 0.717) is 13.2 Å². The molecular weight excluding hydrogens is 216 g/mol. The molecule has 1 aromatic heterocycles. The van der Waals surface area contributed by atoms with Gasteiger partial charge in [0.2, 0.25) is 0 Å². The van der Waals surface area contributed by atoms with Crippen LogP contribution in [-0.2, 0) is 11.3 Å². The number of ether oxygens (including phenoxy) is 1. The Morgan fingerprint density at radius 3 is 3.35 bits per heavy atom. The van der Waals surface area contributed by atoms with Crippen LogP contribution in [0.3, 0.4) is 0 Å². The standard InChI is InChI=1S/C12H16N4O/c1-14-12-10(3-2-4-15-12)8-16-5-6-17-11(7-13)9-16/h2-4,11H,5-6,8-9H2,1H3,(H,14,15). The lowest BCUT2D eigenvalue weighted by atomic mass is 10.2. The van der Waals surface area contributed by atoms with Crippen molar-refractivity contribution in [3.05, 3.63) is 23.9 Å². The van der Waals surface area contributed by atoms with Gasteiger partial charge in [0.05, 0.1) is 12.7 Å². The van der Waals surface area contributed by atoms with Gasteiger partial charge in [-0.05, 0) is 6.07 Å². The third-order valence-corrected chi connectivity index (χ3v) is 2.82. The van der Waals surface area contributed by atoms with E-state index < -0.39 is 0 Å². The van der Waals surface area contributed by atoms with Crippen LogP contribution < -0.4 is 5.32 Å². The summed E-state index contributed by atoms with van der Waals surface area (Å²) >= 11 is 0. The number of anilines is 1. The summed E-state index contributed by atoms with van der Waals surface area (Å²) in [5.41, 5.74) is 1.15. The van der Waals surface area contributed by atoms with E-state index in [1.165, 1.54) is 0 Å². The average Bonchev–Trinajstić information content (AvgIpc) is 2.39. The van der Waals surface area contributed by atoms with Gasteiger partial charge in [-0.1, -0.05) is 6.07 Å². The van der Waals surface area contributed by atoms with Gasteiger partial charge in [0.25, 0.3) is 0 Å². The molecule has 1 aromatic rings. The molecule has 0 amide bonds. The minimum absolute atomic E-state index is 0.307. The molecule has 1 unspecified atom stereocenters. The molecule has 2 rings (SSSR count). The van der Waals surface area contributed by atoms with Crippen molar-refractivity contribution in [2.45, 2.75) is 12.6 Å². The summed E-state index contributed by atoms with van der Waals surface area (Å²) in [6, 6.07) is 6.13.